The van der Waals surface area contributed by atoms with Crippen LogP contribution >= 0.6 is 23.2 Å². The maximum Gasteiger partial charge on any atom is 0.381 e. The number of carbonyl (C=O) groups is 1. The van der Waals surface area contributed by atoms with Gasteiger partial charge in [0.2, 0.25) is 5.82 Å². The Balaban J connectivity index is 1.64. The monoisotopic (exact) mass is 393 g/mol. The van der Waals surface area contributed by atoms with Crippen molar-refractivity contribution < 1.29 is 18.0 Å². The predicted octanol–water partition coefficient (Wildman–Crippen LogP) is 3.08. The summed E-state index contributed by atoms with van der Waals surface area (Å²) in [6.45, 7) is 0.216. The molecule has 2 aromatic rings. The summed E-state index contributed by atoms with van der Waals surface area (Å²) >= 11 is 10.7. The molecular weight excluding hydrogens is 382 g/mol. The van der Waals surface area contributed by atoms with Crippen molar-refractivity contribution >= 4 is 29.2 Å². The highest BCUT2D eigenvalue weighted by Gasteiger charge is 2.37. The molecule has 2 amide bonds. The Labute approximate surface area is 150 Å². The van der Waals surface area contributed by atoms with E-state index in [-0.39, 0.29) is 42.6 Å². The fraction of sp³-hybridized carbons (Fsp3) is 0.357. The quantitative estimate of drug-likeness (QED) is 0.814. The molecule has 1 N–H and O–H groups in total. The van der Waals surface area contributed by atoms with E-state index in [0.29, 0.717) is 0 Å². The Kier molecular flexibility index (Phi) is 4.79. The highest BCUT2D eigenvalue weighted by molar-refractivity contribution is 6.30. The van der Waals surface area contributed by atoms with Gasteiger partial charge in [-0.25, -0.2) is 9.18 Å². The summed E-state index contributed by atoms with van der Waals surface area (Å²) in [6.07, 6.45) is 0. The molecule has 0 aliphatic carbocycles. The summed E-state index contributed by atoms with van der Waals surface area (Å²) in [5.41, 5.74) is 0.280. The molecule has 25 heavy (non-hydrogen) atoms. The van der Waals surface area contributed by atoms with Crippen LogP contribution in [-0.2, 0) is 25.0 Å². The van der Waals surface area contributed by atoms with Crippen LogP contribution in [0.25, 0.3) is 0 Å². The van der Waals surface area contributed by atoms with Gasteiger partial charge in [-0.2, -0.15) is 8.78 Å². The van der Waals surface area contributed by atoms with Crippen LogP contribution in [0.4, 0.5) is 18.0 Å². The van der Waals surface area contributed by atoms with Crippen molar-refractivity contribution in [2.24, 2.45) is 0 Å². The number of nitrogens with zero attached hydrogens (tertiary/aromatic N) is 4. The highest BCUT2D eigenvalue weighted by Crippen LogP contribution is 2.32. The van der Waals surface area contributed by atoms with Crippen molar-refractivity contribution in [2.45, 2.75) is 25.0 Å². The number of aromatic nitrogens is 3. The Hall–Kier alpha value is -2.00. The van der Waals surface area contributed by atoms with Gasteiger partial charge in [0.05, 0.1) is 6.54 Å². The second-order valence-electron chi connectivity index (χ2n) is 5.41. The maximum absolute atomic E-state index is 13.7. The van der Waals surface area contributed by atoms with Crippen molar-refractivity contribution in [3.8, 4) is 0 Å². The van der Waals surface area contributed by atoms with E-state index in [1.54, 1.807) is 0 Å². The number of rotatable bonds is 3. The molecule has 134 valence electrons. The Morgan fingerprint density at radius 3 is 2.76 bits per heavy atom. The lowest BCUT2D eigenvalue weighted by Gasteiger charge is -2.28. The summed E-state index contributed by atoms with van der Waals surface area (Å²) in [6, 6.07) is 3.67. The van der Waals surface area contributed by atoms with E-state index in [4.69, 9.17) is 23.2 Å². The number of hydrogen-bond donors (Lipinski definition) is 1. The molecular formula is C14H12Cl2F3N5O. The number of benzene rings is 1. The molecule has 0 unspecified atom stereocenters. The largest absolute Gasteiger partial charge is 0.381 e. The number of hydrogen-bond acceptors (Lipinski definition) is 3. The molecule has 1 aliphatic heterocycles. The van der Waals surface area contributed by atoms with Crippen LogP contribution in [0.3, 0.4) is 0 Å². The summed E-state index contributed by atoms with van der Waals surface area (Å²) in [7, 11) is 0. The number of amides is 2. The molecule has 0 spiro atoms. The summed E-state index contributed by atoms with van der Waals surface area (Å²) in [4.78, 5) is 13.6. The van der Waals surface area contributed by atoms with Crippen LogP contribution < -0.4 is 5.32 Å². The van der Waals surface area contributed by atoms with Gasteiger partial charge in [-0.05, 0) is 23.7 Å². The second kappa shape index (κ2) is 6.72. The van der Waals surface area contributed by atoms with Crippen molar-refractivity contribution in [3.05, 3.63) is 46.3 Å². The minimum Gasteiger partial charge on any atom is -0.334 e. The first kappa shape index (κ1) is 17.8. The number of alkyl halides is 3. The van der Waals surface area contributed by atoms with E-state index < -0.39 is 23.1 Å². The van der Waals surface area contributed by atoms with E-state index in [9.17, 15) is 18.0 Å². The smallest absolute Gasteiger partial charge is 0.334 e. The third kappa shape index (κ3) is 3.82. The molecule has 1 aliphatic rings. The topological polar surface area (TPSA) is 63.1 Å². The predicted molar refractivity (Wildman–Crippen MR) is 83.8 cm³/mol. The molecule has 0 saturated heterocycles. The zero-order valence-corrected chi connectivity index (χ0v) is 14.2. The number of halogens is 5. The Morgan fingerprint density at radius 2 is 2.08 bits per heavy atom. The molecule has 0 fully saturated rings. The van der Waals surface area contributed by atoms with Gasteiger partial charge in [-0.15, -0.1) is 10.2 Å². The van der Waals surface area contributed by atoms with Crippen LogP contribution in [0, 0.1) is 5.82 Å². The third-order valence-corrected chi connectivity index (χ3v) is 4.14. The van der Waals surface area contributed by atoms with Crippen molar-refractivity contribution in [1.29, 1.82) is 0 Å². The van der Waals surface area contributed by atoms with Crippen LogP contribution in [0.2, 0.25) is 5.02 Å². The number of nitrogens with one attached hydrogen (secondary N) is 1. The second-order valence-corrected chi connectivity index (χ2v) is 6.32. The van der Waals surface area contributed by atoms with Gasteiger partial charge in [-0.3, -0.25) is 0 Å². The van der Waals surface area contributed by atoms with Crippen molar-refractivity contribution in [1.82, 2.24) is 25.0 Å². The molecule has 3 rings (SSSR count). The highest BCUT2D eigenvalue weighted by atomic mass is 35.5. The first-order valence-electron chi connectivity index (χ1n) is 7.21. The van der Waals surface area contributed by atoms with Gasteiger partial charge in [0, 0.05) is 30.2 Å². The van der Waals surface area contributed by atoms with Crippen molar-refractivity contribution in [3.63, 3.8) is 0 Å². The molecule has 1 aromatic heterocycles. The van der Waals surface area contributed by atoms with Crippen LogP contribution in [-0.4, -0.2) is 32.2 Å². The molecule has 0 radical (unpaired) electrons. The Morgan fingerprint density at radius 1 is 1.32 bits per heavy atom. The lowest BCUT2D eigenvalue weighted by atomic mass is 10.2. The molecule has 0 atom stereocenters. The molecule has 6 nitrogen and oxygen atoms in total. The third-order valence-electron chi connectivity index (χ3n) is 3.74. The summed E-state index contributed by atoms with van der Waals surface area (Å²) < 4.78 is 41.3. The fourth-order valence-corrected chi connectivity index (χ4v) is 2.79. The van der Waals surface area contributed by atoms with E-state index >= 15 is 0 Å². The molecule has 2 heterocycles. The van der Waals surface area contributed by atoms with Gasteiger partial charge < -0.3 is 14.8 Å². The lowest BCUT2D eigenvalue weighted by Crippen LogP contribution is -2.44. The number of urea groups is 1. The average molecular weight is 394 g/mol. The minimum absolute atomic E-state index is 0.00506. The lowest BCUT2D eigenvalue weighted by molar-refractivity contribution is 0.0772. The molecule has 0 saturated carbocycles. The van der Waals surface area contributed by atoms with Crippen molar-refractivity contribution in [2.75, 3.05) is 6.54 Å². The summed E-state index contributed by atoms with van der Waals surface area (Å²) in [5.74, 6) is -0.970. The number of fused-ring (bicyclic) bond motifs is 1. The average Bonchev–Trinajstić information content (AvgIpc) is 2.97. The number of carbonyl (C=O) groups excluding carboxylic acids is 1. The SMILES string of the molecule is O=C(NCc1ccc(Cl)cc1F)N1CCn2c(nnc2C(F)(F)Cl)C1. The normalized spacial score (nSPS) is 14.4. The zero-order valence-electron chi connectivity index (χ0n) is 12.6. The molecule has 1 aromatic carbocycles. The van der Waals surface area contributed by atoms with Gasteiger partial charge in [0.15, 0.2) is 5.82 Å². The van der Waals surface area contributed by atoms with Crippen LogP contribution in [0.1, 0.15) is 17.2 Å². The first-order valence-corrected chi connectivity index (χ1v) is 7.97. The van der Waals surface area contributed by atoms with E-state index in [1.165, 1.54) is 21.6 Å². The van der Waals surface area contributed by atoms with Gasteiger partial charge >= 0.3 is 11.4 Å². The van der Waals surface area contributed by atoms with Crippen LogP contribution in [0.5, 0.6) is 0 Å². The molecule has 11 heteroatoms. The minimum atomic E-state index is -3.62. The first-order chi connectivity index (χ1) is 11.8. The molecule has 0 bridgehead atoms. The zero-order chi connectivity index (χ0) is 18.2. The van der Waals surface area contributed by atoms with Crippen LogP contribution in [0.15, 0.2) is 18.2 Å². The van der Waals surface area contributed by atoms with E-state index in [0.717, 1.165) is 6.07 Å². The van der Waals surface area contributed by atoms with E-state index in [2.05, 4.69) is 15.5 Å². The Bertz CT molecular complexity index is 808. The van der Waals surface area contributed by atoms with Gasteiger partial charge in [-0.1, -0.05) is 17.7 Å². The summed E-state index contributed by atoms with van der Waals surface area (Å²) in [5, 5.41) is 6.24. The fourth-order valence-electron chi connectivity index (χ4n) is 2.49. The van der Waals surface area contributed by atoms with Gasteiger partial charge in [0.25, 0.3) is 0 Å². The van der Waals surface area contributed by atoms with Gasteiger partial charge in [0.1, 0.15) is 5.82 Å². The maximum atomic E-state index is 13.7. The van der Waals surface area contributed by atoms with E-state index in [1.807, 2.05) is 0 Å². The standard InChI is InChI=1S/C14H12Cl2F3N5O/c15-9-2-1-8(10(17)5-9)6-20-13(25)23-3-4-24-11(7-23)21-22-12(24)14(16,18)19/h1-2,5H,3-4,6-7H2,(H,20,25).